The topological polar surface area (TPSA) is 267 Å². The molecule has 2 aliphatic heterocycles. The maximum Gasteiger partial charge on any atom is 0.410 e. The Bertz CT molecular complexity index is 2190. The van der Waals surface area contributed by atoms with Gasteiger partial charge in [0.1, 0.15) is 52.1 Å². The average molecular weight is 835 g/mol. The van der Waals surface area contributed by atoms with Crippen LogP contribution in [0.2, 0.25) is 0 Å². The fourth-order valence-electron chi connectivity index (χ4n) is 6.29. The monoisotopic (exact) mass is 834 g/mol. The summed E-state index contributed by atoms with van der Waals surface area (Å²) >= 11 is 0. The molecule has 20 heteroatoms. The smallest absolute Gasteiger partial charge is 0.410 e. The minimum Gasteiger partial charge on any atom is -0.465 e. The summed E-state index contributed by atoms with van der Waals surface area (Å²) in [5.74, 6) is 1.75. The highest BCUT2D eigenvalue weighted by Crippen LogP contribution is 2.26. The second kappa shape index (κ2) is 21.7. The summed E-state index contributed by atoms with van der Waals surface area (Å²) < 4.78 is 15.2. The third-order valence-corrected chi connectivity index (χ3v) is 9.55. The Labute approximate surface area is 353 Å². The summed E-state index contributed by atoms with van der Waals surface area (Å²) in [6.45, 7) is 10.2. The van der Waals surface area contributed by atoms with E-state index in [4.69, 9.17) is 24.7 Å². The number of piperidine rings is 2. The van der Waals surface area contributed by atoms with Crippen molar-refractivity contribution in [2.45, 2.75) is 52.1 Å². The average Bonchev–Trinajstić information content (AvgIpc) is 3.28. The van der Waals surface area contributed by atoms with E-state index in [-0.39, 0.29) is 17.5 Å². The van der Waals surface area contributed by atoms with Gasteiger partial charge in [-0.25, -0.2) is 44.3 Å². The van der Waals surface area contributed by atoms with Gasteiger partial charge in [0, 0.05) is 50.7 Å². The van der Waals surface area contributed by atoms with Crippen LogP contribution in [0.25, 0.3) is 0 Å². The number of ether oxygens (including phenoxy) is 3. The lowest BCUT2D eigenvalue weighted by molar-refractivity contribution is 0.0187. The third kappa shape index (κ3) is 13.7. The fraction of sp³-hybridized carbons (Fsp3) is 0.439. The molecular formula is C41H50N14O6. The lowest BCUT2D eigenvalue weighted by Gasteiger charge is -2.33. The van der Waals surface area contributed by atoms with Gasteiger partial charge in [-0.15, -0.1) is 0 Å². The zero-order valence-electron chi connectivity index (χ0n) is 34.8. The number of hydrogen-bond donors (Lipinski definition) is 5. The number of carbonyl (C=O) groups is 3. The van der Waals surface area contributed by atoms with E-state index in [0.717, 1.165) is 45.3 Å². The molecule has 6 heterocycles. The molecule has 1 amide bonds. The van der Waals surface area contributed by atoms with E-state index < -0.39 is 17.5 Å². The van der Waals surface area contributed by atoms with Crippen LogP contribution in [0, 0.1) is 34.5 Å². The Morgan fingerprint density at radius 2 is 1.13 bits per heavy atom. The SMILES string of the molecule is COC(=O)c1cnc(Nc2cnc(C#N)cn2)cc1NCC1CCN(C(=O)OC(C)(C)C)CC1.COC(=O)c1cnc(Nc2cnc(C#N)cn2)cc1NCC1CCNCC1. The van der Waals surface area contributed by atoms with Crippen LogP contribution < -0.4 is 26.6 Å². The van der Waals surface area contributed by atoms with Crippen molar-refractivity contribution >= 4 is 52.7 Å². The van der Waals surface area contributed by atoms with Crippen LogP contribution in [0.4, 0.5) is 39.4 Å². The van der Waals surface area contributed by atoms with E-state index in [1.807, 2.05) is 32.9 Å². The number of carbonyl (C=O) groups excluding carboxylic acids is 3. The summed E-state index contributed by atoms with van der Waals surface area (Å²) in [5, 5.41) is 33.7. The van der Waals surface area contributed by atoms with Crippen molar-refractivity contribution in [1.29, 1.82) is 10.5 Å². The van der Waals surface area contributed by atoms with Crippen molar-refractivity contribution < 1.29 is 28.6 Å². The van der Waals surface area contributed by atoms with E-state index in [1.54, 1.807) is 17.0 Å². The van der Waals surface area contributed by atoms with Gasteiger partial charge in [-0.05, 0) is 71.4 Å². The zero-order valence-corrected chi connectivity index (χ0v) is 34.8. The number of nitriles is 2. The van der Waals surface area contributed by atoms with Crippen LogP contribution in [0.15, 0.2) is 49.3 Å². The highest BCUT2D eigenvalue weighted by Gasteiger charge is 2.27. The van der Waals surface area contributed by atoms with Gasteiger partial charge in [-0.2, -0.15) is 10.5 Å². The van der Waals surface area contributed by atoms with E-state index >= 15 is 0 Å². The number of nitrogens with one attached hydrogen (secondary N) is 5. The molecule has 0 radical (unpaired) electrons. The summed E-state index contributed by atoms with van der Waals surface area (Å²) in [6, 6.07) is 7.27. The van der Waals surface area contributed by atoms with Gasteiger partial charge < -0.3 is 45.7 Å². The standard InChI is InChI=1S/C23H29N7O4.C18H21N7O2/c1-23(2,3)34-22(32)30-7-5-15(6-8-30)11-26-18-9-19(28-13-17(18)21(31)33-4)29-20-14-25-16(10-24)12-27-20;1-27-18(26)14-10-24-16(25-17-11-21-13(7-19)9-23-17)6-15(14)22-8-12-2-4-20-5-3-12/h9,12-15H,5-8,11H2,1-4H3,(H2,26,27,28,29);6,9-12,20H,2-5,8H2,1H3,(H2,22,23,24,25). The molecule has 2 aliphatic rings. The number of nitrogens with zero attached hydrogens (tertiary/aromatic N) is 9. The molecule has 320 valence electrons. The van der Waals surface area contributed by atoms with Gasteiger partial charge in [0.15, 0.2) is 11.4 Å². The zero-order chi connectivity index (χ0) is 43.8. The van der Waals surface area contributed by atoms with Crippen LogP contribution in [0.1, 0.15) is 78.6 Å². The predicted molar refractivity (Wildman–Crippen MR) is 224 cm³/mol. The van der Waals surface area contributed by atoms with Crippen LogP contribution in [0.5, 0.6) is 0 Å². The van der Waals surface area contributed by atoms with E-state index in [2.05, 4.69) is 56.5 Å². The van der Waals surface area contributed by atoms with Crippen molar-refractivity contribution in [2.24, 2.45) is 11.8 Å². The fourth-order valence-corrected chi connectivity index (χ4v) is 6.29. The molecule has 0 atom stereocenters. The quantitative estimate of drug-likeness (QED) is 0.0926. The number of amides is 1. The van der Waals surface area contributed by atoms with Crippen LogP contribution >= 0.6 is 0 Å². The Balaban J connectivity index is 0.000000237. The predicted octanol–water partition coefficient (Wildman–Crippen LogP) is 5.02. The second-order valence-corrected chi connectivity index (χ2v) is 15.1. The molecule has 0 unspecified atom stereocenters. The largest absolute Gasteiger partial charge is 0.465 e. The molecular weight excluding hydrogens is 785 g/mol. The molecule has 20 nitrogen and oxygen atoms in total. The summed E-state index contributed by atoms with van der Waals surface area (Å²) in [7, 11) is 2.66. The molecule has 0 saturated carbocycles. The van der Waals surface area contributed by atoms with Gasteiger partial charge in [0.05, 0.1) is 50.4 Å². The number of esters is 2. The molecule has 4 aromatic heterocycles. The van der Waals surface area contributed by atoms with E-state index in [0.29, 0.717) is 77.2 Å². The maximum absolute atomic E-state index is 12.3. The second-order valence-electron chi connectivity index (χ2n) is 15.1. The molecule has 4 aromatic rings. The highest BCUT2D eigenvalue weighted by molar-refractivity contribution is 5.96. The Hall–Kier alpha value is -7.19. The van der Waals surface area contributed by atoms with Gasteiger partial charge in [-0.1, -0.05) is 0 Å². The Morgan fingerprint density at radius 1 is 0.689 bits per heavy atom. The van der Waals surface area contributed by atoms with Crippen LogP contribution in [-0.2, 0) is 14.2 Å². The number of rotatable bonds is 12. The summed E-state index contributed by atoms with van der Waals surface area (Å²) in [4.78, 5) is 62.9. The third-order valence-electron chi connectivity index (χ3n) is 9.55. The first-order valence-corrected chi connectivity index (χ1v) is 19.7. The molecule has 2 saturated heterocycles. The van der Waals surface area contributed by atoms with Crippen LogP contribution in [-0.4, -0.2) is 112 Å². The van der Waals surface area contributed by atoms with Gasteiger partial charge in [0.25, 0.3) is 0 Å². The molecule has 61 heavy (non-hydrogen) atoms. The Morgan fingerprint density at radius 3 is 1.52 bits per heavy atom. The number of likely N-dealkylation sites (tertiary alicyclic amines) is 1. The lowest BCUT2D eigenvalue weighted by Crippen LogP contribution is -2.42. The first kappa shape index (κ1) is 44.9. The molecule has 0 bridgehead atoms. The molecule has 0 aromatic carbocycles. The number of pyridine rings is 2. The van der Waals surface area contributed by atoms with Crippen LogP contribution in [0.3, 0.4) is 0 Å². The molecule has 6 rings (SSSR count). The lowest BCUT2D eigenvalue weighted by atomic mass is 9.97. The minimum atomic E-state index is -0.518. The summed E-state index contributed by atoms with van der Waals surface area (Å²) in [5.41, 5.74) is 1.84. The first-order chi connectivity index (χ1) is 29.4. The van der Waals surface area contributed by atoms with Crippen molar-refractivity contribution in [3.05, 3.63) is 71.8 Å². The molecule has 5 N–H and O–H groups in total. The van der Waals surface area contributed by atoms with Gasteiger partial charge in [-0.3, -0.25) is 0 Å². The molecule has 0 spiro atoms. The van der Waals surface area contributed by atoms with Gasteiger partial charge >= 0.3 is 18.0 Å². The van der Waals surface area contributed by atoms with Crippen molar-refractivity contribution in [1.82, 2.24) is 40.1 Å². The van der Waals surface area contributed by atoms with Crippen molar-refractivity contribution in [3.8, 4) is 12.1 Å². The number of anilines is 6. The number of aromatic nitrogens is 6. The minimum absolute atomic E-state index is 0.208. The van der Waals surface area contributed by atoms with E-state index in [1.165, 1.54) is 51.4 Å². The van der Waals surface area contributed by atoms with E-state index in [9.17, 15) is 14.4 Å². The summed E-state index contributed by atoms with van der Waals surface area (Å²) in [6.07, 6.45) is 12.0. The molecule has 0 aliphatic carbocycles. The Kier molecular flexibility index (Phi) is 16.0. The van der Waals surface area contributed by atoms with Crippen molar-refractivity contribution in [2.75, 3.05) is 74.8 Å². The highest BCUT2D eigenvalue weighted by atomic mass is 16.6. The molecule has 2 fully saturated rings. The van der Waals surface area contributed by atoms with Gasteiger partial charge in [0.2, 0.25) is 0 Å². The van der Waals surface area contributed by atoms with Crippen molar-refractivity contribution in [3.63, 3.8) is 0 Å². The normalized spacial score (nSPS) is 14.2. The maximum atomic E-state index is 12.3. The number of methoxy groups -OCH3 is 2. The number of hydrogen-bond acceptors (Lipinski definition) is 19. The first-order valence-electron chi connectivity index (χ1n) is 19.7.